The molecule has 52 valence electrons. The molecule has 0 fully saturated rings. The van der Waals surface area contributed by atoms with Crippen LogP contribution in [0.4, 0.5) is 0 Å². The second kappa shape index (κ2) is 3.59. The van der Waals surface area contributed by atoms with Crippen LogP contribution in [0.1, 0.15) is 6.42 Å². The third-order valence-electron chi connectivity index (χ3n) is 0.834. The van der Waals surface area contributed by atoms with Gasteiger partial charge in [-0.3, -0.25) is 0 Å². The smallest absolute Gasteiger partial charge is 0.00696 e. The molecule has 0 saturated carbocycles. The molecule has 0 radical (unpaired) electrons. The number of halogens is 1. The fraction of sp³-hybridized carbons (Fsp3) is 1.00. The highest BCUT2D eigenvalue weighted by atomic mass is 35.7. The quantitative estimate of drug-likeness (QED) is 0.658. The summed E-state index contributed by atoms with van der Waals surface area (Å²) in [6.45, 7) is 0.767. The van der Waals surface area contributed by atoms with Gasteiger partial charge in [0, 0.05) is 0 Å². The number of hydrogen-bond donors (Lipinski definition) is 1. The molecule has 8 heavy (non-hydrogen) atoms. The lowest BCUT2D eigenvalue weighted by Gasteiger charge is -2.20. The molecule has 0 aromatic heterocycles. The van der Waals surface area contributed by atoms with Crippen LogP contribution < -0.4 is 5.73 Å². The van der Waals surface area contributed by atoms with Gasteiger partial charge in [-0.25, -0.2) is 0 Å². The first-order valence-electron chi connectivity index (χ1n) is 2.67. The topological polar surface area (TPSA) is 26.0 Å². The molecule has 3 heteroatoms. The molecule has 1 nitrogen and oxygen atoms in total. The molecule has 0 rings (SSSR count). The molecule has 0 saturated heterocycles. The van der Waals surface area contributed by atoms with Crippen LogP contribution in [0.2, 0.25) is 0 Å². The molecule has 0 amide bonds. The first-order chi connectivity index (χ1) is 3.56. The minimum atomic E-state index is -0.794. The molecule has 0 bridgehead atoms. The highest BCUT2D eigenvalue weighted by Gasteiger charge is 2.03. The average molecular weight is 156 g/mol. The second-order valence-electron chi connectivity index (χ2n) is 2.25. The molecule has 0 heterocycles. The van der Waals surface area contributed by atoms with Crippen molar-refractivity contribution in [1.82, 2.24) is 0 Å². The molecule has 0 aromatic carbocycles. The minimum Gasteiger partial charge on any atom is -0.330 e. The van der Waals surface area contributed by atoms with E-state index in [0.717, 1.165) is 18.7 Å². The Morgan fingerprint density at radius 2 is 2.00 bits per heavy atom. The van der Waals surface area contributed by atoms with Crippen LogP contribution in [-0.4, -0.2) is 24.8 Å². The molecule has 0 aliphatic rings. The number of rotatable bonds is 3. The highest BCUT2D eigenvalue weighted by molar-refractivity contribution is 8.50. The van der Waals surface area contributed by atoms with Gasteiger partial charge in [-0.2, -0.15) is 9.24 Å². The fourth-order valence-corrected chi connectivity index (χ4v) is 1.61. The van der Waals surface area contributed by atoms with E-state index in [1.807, 2.05) is 0 Å². The summed E-state index contributed by atoms with van der Waals surface area (Å²) in [4.78, 5) is 0. The zero-order chi connectivity index (χ0) is 6.62. The van der Waals surface area contributed by atoms with Crippen molar-refractivity contribution in [2.75, 3.05) is 24.8 Å². The first kappa shape index (κ1) is 8.60. The van der Waals surface area contributed by atoms with Crippen molar-refractivity contribution in [1.29, 1.82) is 0 Å². The van der Waals surface area contributed by atoms with Crippen molar-refractivity contribution >= 4 is 19.9 Å². The molecule has 2 N–H and O–H groups in total. The molecule has 0 spiro atoms. The highest BCUT2D eigenvalue weighted by Crippen LogP contribution is 2.45. The predicted molar refractivity (Wildman–Crippen MR) is 43.8 cm³/mol. The second-order valence-corrected chi connectivity index (χ2v) is 7.97. The summed E-state index contributed by atoms with van der Waals surface area (Å²) >= 11 is 0. The molecule has 0 atom stereocenters. The summed E-state index contributed by atoms with van der Waals surface area (Å²) < 4.78 is 0. The Balaban J connectivity index is 3.11. The van der Waals surface area contributed by atoms with E-state index in [9.17, 15) is 0 Å². The number of nitrogens with two attached hydrogens (primary N) is 1. The van der Waals surface area contributed by atoms with Crippen LogP contribution in [0.5, 0.6) is 0 Å². The van der Waals surface area contributed by atoms with Gasteiger partial charge in [0.1, 0.15) is 0 Å². The van der Waals surface area contributed by atoms with Gasteiger partial charge < -0.3 is 5.73 Å². The van der Waals surface area contributed by atoms with E-state index in [-0.39, 0.29) is 0 Å². The number of hydrogen-bond acceptors (Lipinski definition) is 1. The van der Waals surface area contributed by atoms with Crippen LogP contribution in [0.3, 0.4) is 0 Å². The summed E-state index contributed by atoms with van der Waals surface area (Å²) in [6.07, 6.45) is 5.24. The molecule has 0 aliphatic carbocycles. The Hall–Kier alpha value is 0.600. The van der Waals surface area contributed by atoms with E-state index in [0.29, 0.717) is 0 Å². The van der Waals surface area contributed by atoms with Crippen molar-refractivity contribution in [2.45, 2.75) is 6.42 Å². The van der Waals surface area contributed by atoms with Crippen LogP contribution >= 0.6 is 19.9 Å². The third-order valence-corrected chi connectivity index (χ3v) is 2.56. The van der Waals surface area contributed by atoms with Gasteiger partial charge in [0.25, 0.3) is 0 Å². The monoisotopic (exact) mass is 155 g/mol. The molecule has 0 unspecified atom stereocenters. The van der Waals surface area contributed by atoms with E-state index >= 15 is 0 Å². The lowest BCUT2D eigenvalue weighted by Crippen LogP contribution is -2.03. The zero-order valence-corrected chi connectivity index (χ0v) is 7.06. The van der Waals surface area contributed by atoms with Crippen LogP contribution in [0.25, 0.3) is 0 Å². The molecular weight excluding hydrogens is 142 g/mol. The van der Waals surface area contributed by atoms with Gasteiger partial charge in [-0.05, 0) is 31.2 Å². The summed E-state index contributed by atoms with van der Waals surface area (Å²) in [5, 5.41) is 0. The summed E-state index contributed by atoms with van der Waals surface area (Å²) in [5.74, 6) is 1.09. The predicted octanol–water partition coefficient (Wildman–Crippen LogP) is 1.55. The summed E-state index contributed by atoms with van der Waals surface area (Å²) in [6, 6.07) is 0. The Kier molecular flexibility index (Phi) is 3.86. The SMILES string of the molecule is CS(C)(Cl)CCCN. The van der Waals surface area contributed by atoms with Crippen LogP contribution in [0.15, 0.2) is 0 Å². The lowest BCUT2D eigenvalue weighted by molar-refractivity contribution is 0.941. The summed E-state index contributed by atoms with van der Waals surface area (Å²) in [5.41, 5.74) is 5.29. The van der Waals surface area contributed by atoms with Crippen molar-refractivity contribution in [2.24, 2.45) is 5.73 Å². The molecular formula is C5H14ClNS. The first-order valence-corrected chi connectivity index (χ1v) is 6.11. The van der Waals surface area contributed by atoms with E-state index < -0.39 is 9.24 Å². The minimum absolute atomic E-state index is 0.767. The largest absolute Gasteiger partial charge is 0.330 e. The normalized spacial score (nSPS) is 14.0. The standard InChI is InChI=1S/C5H14ClNS/c1-8(2,6)5-3-4-7/h3-5,7H2,1-2H3. The van der Waals surface area contributed by atoms with Crippen molar-refractivity contribution in [3.05, 3.63) is 0 Å². The van der Waals surface area contributed by atoms with Gasteiger partial charge >= 0.3 is 0 Å². The van der Waals surface area contributed by atoms with Crippen molar-refractivity contribution in [3.63, 3.8) is 0 Å². The van der Waals surface area contributed by atoms with Gasteiger partial charge in [0.05, 0.1) is 0 Å². The van der Waals surface area contributed by atoms with Gasteiger partial charge in [0.2, 0.25) is 0 Å². The van der Waals surface area contributed by atoms with Crippen LogP contribution in [-0.2, 0) is 0 Å². The van der Waals surface area contributed by atoms with E-state index in [1.54, 1.807) is 0 Å². The summed E-state index contributed by atoms with van der Waals surface area (Å²) in [7, 11) is 5.15. The fourth-order valence-electron chi connectivity index (χ4n) is 0.427. The van der Waals surface area contributed by atoms with E-state index in [1.165, 1.54) is 0 Å². The molecule has 0 aromatic rings. The van der Waals surface area contributed by atoms with E-state index in [4.69, 9.17) is 16.4 Å². The third kappa shape index (κ3) is 6.60. The van der Waals surface area contributed by atoms with Gasteiger partial charge in [0.15, 0.2) is 0 Å². The van der Waals surface area contributed by atoms with Crippen LogP contribution in [0, 0.1) is 0 Å². The van der Waals surface area contributed by atoms with Crippen molar-refractivity contribution < 1.29 is 0 Å². The van der Waals surface area contributed by atoms with Gasteiger partial charge in [-0.15, -0.1) is 0 Å². The zero-order valence-electron chi connectivity index (χ0n) is 5.48. The van der Waals surface area contributed by atoms with E-state index in [2.05, 4.69) is 12.5 Å². The maximum atomic E-state index is 5.94. The Morgan fingerprint density at radius 1 is 1.50 bits per heavy atom. The Labute approximate surface area is 57.4 Å². The lowest BCUT2D eigenvalue weighted by atomic mass is 10.5. The Bertz CT molecular complexity index is 59.9. The maximum Gasteiger partial charge on any atom is -0.00696 e. The average Bonchev–Trinajstić information content (AvgIpc) is 1.59. The molecule has 0 aliphatic heterocycles. The maximum absolute atomic E-state index is 5.94. The van der Waals surface area contributed by atoms with Crippen molar-refractivity contribution in [3.8, 4) is 0 Å². The van der Waals surface area contributed by atoms with Gasteiger partial charge in [-0.1, -0.05) is 10.7 Å². The Morgan fingerprint density at radius 3 is 2.12 bits per heavy atom.